The zero-order valence-corrected chi connectivity index (χ0v) is 9.10. The number of amidine groups is 2. The largest absolute Gasteiger partial charge is 0.379 e. The zero-order chi connectivity index (χ0) is 10.3. The summed E-state index contributed by atoms with van der Waals surface area (Å²) in [5.74, 6) is 1.44. The zero-order valence-electron chi connectivity index (χ0n) is 7.46. The summed E-state index contributed by atoms with van der Waals surface area (Å²) in [6, 6.07) is 0. The molecule has 74 valence electrons. The molecule has 0 saturated carbocycles. The Balaban J connectivity index is 3.63. The summed E-state index contributed by atoms with van der Waals surface area (Å²) in [7, 11) is 0. The van der Waals surface area contributed by atoms with Crippen molar-refractivity contribution in [3.8, 4) is 0 Å². The van der Waals surface area contributed by atoms with Crippen LogP contribution < -0.4 is 11.5 Å². The maximum Gasteiger partial charge on any atom is 0.151 e. The van der Waals surface area contributed by atoms with Crippen LogP contribution in [0.1, 0.15) is 6.92 Å². The fraction of sp³-hybridized carbons (Fsp3) is 0.429. The van der Waals surface area contributed by atoms with Gasteiger partial charge in [0.1, 0.15) is 0 Å². The lowest BCUT2D eigenvalue weighted by molar-refractivity contribution is 1.38. The van der Waals surface area contributed by atoms with Crippen LogP contribution in [0, 0.1) is 10.8 Å². The van der Waals surface area contributed by atoms with E-state index in [-0.39, 0.29) is 10.3 Å². The summed E-state index contributed by atoms with van der Waals surface area (Å²) in [6.07, 6.45) is 1.99. The van der Waals surface area contributed by atoms with Crippen molar-refractivity contribution in [3.05, 3.63) is 11.6 Å². The first-order valence-electron chi connectivity index (χ1n) is 3.61. The molecular formula is C7H14N4S2. The van der Waals surface area contributed by atoms with Crippen LogP contribution >= 0.6 is 23.5 Å². The van der Waals surface area contributed by atoms with E-state index >= 15 is 0 Å². The van der Waals surface area contributed by atoms with Crippen LogP contribution in [0.4, 0.5) is 0 Å². The van der Waals surface area contributed by atoms with Gasteiger partial charge >= 0.3 is 0 Å². The molecule has 6 N–H and O–H groups in total. The first kappa shape index (κ1) is 12.4. The highest BCUT2D eigenvalue weighted by atomic mass is 32.2. The summed E-state index contributed by atoms with van der Waals surface area (Å²) < 4.78 is 0. The standard InChI is InChI=1S/C7H14N4S2/c1-5(4-13-7(10)11)2-3-12-6(8)9/h2H,3-4H2,1H3,(H3,8,9)(H3,10,11)/b5-2-. The van der Waals surface area contributed by atoms with Crippen LogP contribution in [0.2, 0.25) is 0 Å². The van der Waals surface area contributed by atoms with Crippen LogP contribution in [0.15, 0.2) is 11.6 Å². The molecule has 0 unspecified atom stereocenters. The molecule has 0 amide bonds. The SMILES string of the molecule is C/C(=C/CSC(=N)N)CSC(=N)N. The second-order valence-corrected chi connectivity index (χ2v) is 4.46. The molecule has 0 aromatic rings. The molecular weight excluding hydrogens is 204 g/mol. The molecule has 0 aromatic heterocycles. The van der Waals surface area contributed by atoms with E-state index in [9.17, 15) is 0 Å². The van der Waals surface area contributed by atoms with Gasteiger partial charge in [-0.1, -0.05) is 35.2 Å². The van der Waals surface area contributed by atoms with E-state index in [2.05, 4.69) is 0 Å². The van der Waals surface area contributed by atoms with Gasteiger partial charge in [-0.2, -0.15) is 0 Å². The lowest BCUT2D eigenvalue weighted by Gasteiger charge is -1.99. The van der Waals surface area contributed by atoms with E-state index in [1.54, 1.807) is 0 Å². The maximum absolute atomic E-state index is 6.99. The summed E-state index contributed by atoms with van der Waals surface area (Å²) in [4.78, 5) is 0. The van der Waals surface area contributed by atoms with E-state index in [1.807, 2.05) is 13.0 Å². The van der Waals surface area contributed by atoms with Gasteiger partial charge in [0.25, 0.3) is 0 Å². The normalized spacial score (nSPS) is 11.3. The lowest BCUT2D eigenvalue weighted by atomic mass is 10.3. The Kier molecular flexibility index (Phi) is 6.52. The molecule has 0 aliphatic carbocycles. The Hall–Kier alpha value is -0.620. The highest BCUT2D eigenvalue weighted by molar-refractivity contribution is 8.14. The Bertz CT molecular complexity index is 225. The second kappa shape index (κ2) is 6.85. The minimum Gasteiger partial charge on any atom is -0.379 e. The smallest absolute Gasteiger partial charge is 0.151 e. The molecule has 13 heavy (non-hydrogen) atoms. The number of hydrogen-bond donors (Lipinski definition) is 4. The number of nitrogens with one attached hydrogen (secondary N) is 2. The van der Waals surface area contributed by atoms with Gasteiger partial charge in [-0.05, 0) is 6.92 Å². The molecule has 0 aromatic carbocycles. The quantitative estimate of drug-likeness (QED) is 0.323. The Labute approximate surface area is 86.5 Å². The number of thioether (sulfide) groups is 2. The molecule has 0 spiro atoms. The van der Waals surface area contributed by atoms with E-state index in [0.29, 0.717) is 5.75 Å². The van der Waals surface area contributed by atoms with Crippen LogP contribution in [-0.2, 0) is 0 Å². The van der Waals surface area contributed by atoms with Crippen molar-refractivity contribution in [2.45, 2.75) is 6.92 Å². The summed E-state index contributed by atoms with van der Waals surface area (Å²) >= 11 is 2.58. The molecule has 0 rings (SSSR count). The summed E-state index contributed by atoms with van der Waals surface area (Å²) in [5, 5.41) is 14.2. The van der Waals surface area contributed by atoms with E-state index < -0.39 is 0 Å². The Morgan fingerprint density at radius 1 is 1.23 bits per heavy atom. The van der Waals surface area contributed by atoms with Gasteiger partial charge in [0.2, 0.25) is 0 Å². The summed E-state index contributed by atoms with van der Waals surface area (Å²) in [5.41, 5.74) is 11.5. The second-order valence-electron chi connectivity index (χ2n) is 2.38. The third-order valence-electron chi connectivity index (χ3n) is 1.13. The summed E-state index contributed by atoms with van der Waals surface area (Å²) in [6.45, 7) is 1.97. The predicted octanol–water partition coefficient (Wildman–Crippen LogP) is 1.19. The molecule has 0 fully saturated rings. The highest BCUT2D eigenvalue weighted by Gasteiger charge is 1.93. The number of hydrogen-bond acceptors (Lipinski definition) is 4. The van der Waals surface area contributed by atoms with Gasteiger partial charge < -0.3 is 11.5 Å². The topological polar surface area (TPSA) is 99.7 Å². The van der Waals surface area contributed by atoms with Crippen molar-refractivity contribution in [3.63, 3.8) is 0 Å². The van der Waals surface area contributed by atoms with Crippen molar-refractivity contribution >= 4 is 33.9 Å². The molecule has 0 bridgehead atoms. The van der Waals surface area contributed by atoms with Gasteiger partial charge in [0, 0.05) is 11.5 Å². The molecule has 0 atom stereocenters. The lowest BCUT2D eigenvalue weighted by Crippen LogP contribution is -2.05. The first-order valence-corrected chi connectivity index (χ1v) is 5.58. The molecule has 0 aliphatic rings. The molecule has 4 nitrogen and oxygen atoms in total. The van der Waals surface area contributed by atoms with Gasteiger partial charge in [0.05, 0.1) is 0 Å². The first-order chi connectivity index (χ1) is 6.02. The van der Waals surface area contributed by atoms with Gasteiger partial charge in [-0.15, -0.1) is 0 Å². The maximum atomic E-state index is 6.99. The van der Waals surface area contributed by atoms with Crippen LogP contribution in [0.5, 0.6) is 0 Å². The minimum atomic E-state index is 0.128. The Morgan fingerprint density at radius 2 is 1.77 bits per heavy atom. The Morgan fingerprint density at radius 3 is 2.23 bits per heavy atom. The van der Waals surface area contributed by atoms with E-state index in [4.69, 9.17) is 22.3 Å². The van der Waals surface area contributed by atoms with Gasteiger partial charge in [0.15, 0.2) is 10.3 Å². The number of nitrogens with two attached hydrogens (primary N) is 2. The van der Waals surface area contributed by atoms with Crippen LogP contribution in [-0.4, -0.2) is 21.8 Å². The van der Waals surface area contributed by atoms with Crippen LogP contribution in [0.3, 0.4) is 0 Å². The van der Waals surface area contributed by atoms with Gasteiger partial charge in [-0.3, -0.25) is 10.8 Å². The van der Waals surface area contributed by atoms with E-state index in [0.717, 1.165) is 11.3 Å². The average Bonchev–Trinajstić information content (AvgIpc) is 2.00. The third-order valence-corrected chi connectivity index (χ3v) is 2.68. The van der Waals surface area contributed by atoms with Crippen LogP contribution in [0.25, 0.3) is 0 Å². The van der Waals surface area contributed by atoms with Gasteiger partial charge in [-0.25, -0.2) is 0 Å². The molecule has 0 saturated heterocycles. The van der Waals surface area contributed by atoms with E-state index in [1.165, 1.54) is 23.5 Å². The average molecular weight is 218 g/mol. The van der Waals surface area contributed by atoms with Crippen molar-refractivity contribution in [1.29, 1.82) is 10.8 Å². The fourth-order valence-electron chi connectivity index (χ4n) is 0.524. The third kappa shape index (κ3) is 9.29. The highest BCUT2D eigenvalue weighted by Crippen LogP contribution is 2.08. The molecule has 6 heteroatoms. The molecule has 0 aliphatic heterocycles. The van der Waals surface area contributed by atoms with Crippen molar-refractivity contribution in [2.75, 3.05) is 11.5 Å². The predicted molar refractivity (Wildman–Crippen MR) is 62.5 cm³/mol. The van der Waals surface area contributed by atoms with Crippen molar-refractivity contribution < 1.29 is 0 Å². The molecule has 0 radical (unpaired) electrons. The van der Waals surface area contributed by atoms with Crippen molar-refractivity contribution in [1.82, 2.24) is 0 Å². The molecule has 0 heterocycles. The fourth-order valence-corrected chi connectivity index (χ4v) is 1.57. The minimum absolute atomic E-state index is 0.128. The number of rotatable bonds is 4. The van der Waals surface area contributed by atoms with Crippen molar-refractivity contribution in [2.24, 2.45) is 11.5 Å². The monoisotopic (exact) mass is 218 g/mol.